The second-order valence-corrected chi connectivity index (χ2v) is 4.81. The van der Waals surface area contributed by atoms with Gasteiger partial charge >= 0.3 is 0 Å². The molecule has 0 saturated heterocycles. The molecule has 0 aliphatic heterocycles. The minimum absolute atomic E-state index is 0. The van der Waals surface area contributed by atoms with Gasteiger partial charge in [0.05, 0.1) is 0 Å². The van der Waals surface area contributed by atoms with E-state index < -0.39 is 0 Å². The van der Waals surface area contributed by atoms with Crippen LogP contribution in [0, 0.1) is 0 Å². The van der Waals surface area contributed by atoms with Crippen molar-refractivity contribution in [2.75, 3.05) is 0 Å². The van der Waals surface area contributed by atoms with E-state index in [1.165, 1.54) is 0 Å². The average Bonchev–Trinajstić information content (AvgIpc) is 3.30. The first-order valence-corrected chi connectivity index (χ1v) is 7.15. The fraction of sp³-hybridized carbons (Fsp3) is 0.105. The van der Waals surface area contributed by atoms with Gasteiger partial charge in [0.15, 0.2) is 5.89 Å². The van der Waals surface area contributed by atoms with E-state index in [1.54, 1.807) is 6.26 Å². The molecule has 4 rings (SSSR count). The van der Waals surface area contributed by atoms with E-state index in [0.29, 0.717) is 5.89 Å². The fourth-order valence-corrected chi connectivity index (χ4v) is 2.18. The van der Waals surface area contributed by atoms with Gasteiger partial charge in [-0.2, -0.15) is 12.1 Å². The average molecular weight is 331 g/mol. The second kappa shape index (κ2) is 8.38. The number of aromatic nitrogens is 1. The molecule has 1 aliphatic rings. The molecule has 0 N–H and O–H groups in total. The van der Waals surface area contributed by atoms with Gasteiger partial charge in [-0.3, -0.25) is 0 Å². The van der Waals surface area contributed by atoms with Gasteiger partial charge in [0.25, 0.3) is 0 Å². The predicted molar refractivity (Wildman–Crippen MR) is 85.9 cm³/mol. The molecule has 2 aromatic carbocycles. The van der Waals surface area contributed by atoms with Gasteiger partial charge in [-0.15, -0.1) is 0 Å². The topological polar surface area (TPSA) is 26.0 Å². The summed E-state index contributed by atoms with van der Waals surface area (Å²) in [6.45, 7) is 0. The van der Waals surface area contributed by atoms with E-state index in [4.69, 9.17) is 4.42 Å². The predicted octanol–water partition coefficient (Wildman–Crippen LogP) is 5.20. The van der Waals surface area contributed by atoms with Crippen LogP contribution in [0.3, 0.4) is 0 Å². The Kier molecular flexibility index (Phi) is 6.20. The molecule has 0 spiro atoms. The Labute approximate surface area is 141 Å². The Morgan fingerprint density at radius 2 is 1.68 bits per heavy atom. The number of rotatable bonds is 2. The van der Waals surface area contributed by atoms with Gasteiger partial charge in [0.2, 0.25) is 0 Å². The summed E-state index contributed by atoms with van der Waals surface area (Å²) in [5.41, 5.74) is 3.12. The molecular weight excluding hydrogens is 314 g/mol. The van der Waals surface area contributed by atoms with Crippen LogP contribution < -0.4 is 0 Å². The Morgan fingerprint density at radius 3 is 2.27 bits per heavy atom. The summed E-state index contributed by atoms with van der Waals surface area (Å²) in [7, 11) is 0. The van der Waals surface area contributed by atoms with Crippen LogP contribution in [0.1, 0.15) is 18.5 Å². The quantitative estimate of drug-likeness (QED) is 0.477. The van der Waals surface area contributed by atoms with E-state index in [0.717, 1.165) is 29.7 Å². The number of allylic oxidation sites excluding steroid dienone is 4. The minimum atomic E-state index is 0. The summed E-state index contributed by atoms with van der Waals surface area (Å²) < 4.78 is 5.48. The fourth-order valence-electron chi connectivity index (χ4n) is 2.18. The summed E-state index contributed by atoms with van der Waals surface area (Å²) in [6.07, 6.45) is 10.4. The van der Waals surface area contributed by atoms with Crippen molar-refractivity contribution < 1.29 is 21.5 Å². The second-order valence-electron chi connectivity index (χ2n) is 4.81. The summed E-state index contributed by atoms with van der Waals surface area (Å²) in [4.78, 5) is 4.49. The van der Waals surface area contributed by atoms with Crippen LogP contribution in [-0.2, 0) is 17.1 Å². The van der Waals surface area contributed by atoms with Gasteiger partial charge in [-0.05, 0) is 18.4 Å². The first kappa shape index (κ1) is 16.3. The largest absolute Gasteiger partial charge is 0.748 e. The monoisotopic (exact) mass is 331 g/mol. The van der Waals surface area contributed by atoms with Gasteiger partial charge < -0.3 is 34.7 Å². The van der Waals surface area contributed by atoms with E-state index >= 15 is 0 Å². The molecule has 3 aromatic rings. The Bertz CT molecular complexity index is 685. The molecule has 118 valence electrons. The normalized spacial score (nSPS) is 12.8. The molecule has 0 radical (unpaired) electrons. The molecule has 1 aromatic heterocycles. The van der Waals surface area contributed by atoms with Crippen LogP contribution in [0.4, 0.5) is 0 Å². The van der Waals surface area contributed by atoms with Gasteiger partial charge in [0.1, 0.15) is 12.0 Å². The molecule has 3 heteroatoms. The number of oxazole rings is 1. The third-order valence-electron chi connectivity index (χ3n) is 3.26. The van der Waals surface area contributed by atoms with Crippen LogP contribution in [0.2, 0.25) is 0 Å². The van der Waals surface area contributed by atoms with Crippen LogP contribution >= 0.6 is 0 Å². The van der Waals surface area contributed by atoms with Crippen LogP contribution in [0.25, 0.3) is 17.0 Å². The summed E-state index contributed by atoms with van der Waals surface area (Å²) >= 11 is 0. The molecular formula is C19H17FeNO-6. The van der Waals surface area contributed by atoms with E-state index in [2.05, 4.69) is 23.2 Å². The standard InChI is InChI=1S/C14H12NO.C5H5.Fe/c1-2-6-11(7-3-1)13-10-16-14(15-13)12-8-4-5-9-12;1-2-4-5-3-1;/h2,4-10H,1,3H2;1-5H;/q-1;-5;. The van der Waals surface area contributed by atoms with Crippen molar-refractivity contribution in [3.63, 3.8) is 0 Å². The van der Waals surface area contributed by atoms with Crippen molar-refractivity contribution in [3.8, 4) is 11.5 Å². The maximum absolute atomic E-state index is 5.48. The number of hydrogen-bond donors (Lipinski definition) is 0. The van der Waals surface area contributed by atoms with Crippen LogP contribution in [0.15, 0.2) is 83.5 Å². The molecule has 2 nitrogen and oxygen atoms in total. The maximum Gasteiger partial charge on any atom is 0.169 e. The van der Waals surface area contributed by atoms with Crippen LogP contribution in [-0.4, -0.2) is 4.98 Å². The molecule has 0 unspecified atom stereocenters. The maximum atomic E-state index is 5.48. The third kappa shape index (κ3) is 4.20. The van der Waals surface area contributed by atoms with Crippen molar-refractivity contribution in [1.29, 1.82) is 0 Å². The molecule has 22 heavy (non-hydrogen) atoms. The Balaban J connectivity index is 0.000000253. The van der Waals surface area contributed by atoms with E-state index in [-0.39, 0.29) is 17.1 Å². The van der Waals surface area contributed by atoms with E-state index in [9.17, 15) is 0 Å². The van der Waals surface area contributed by atoms with Gasteiger partial charge in [0, 0.05) is 17.1 Å². The van der Waals surface area contributed by atoms with Crippen molar-refractivity contribution in [1.82, 2.24) is 4.98 Å². The SMILES string of the molecule is C1=CC(c2coc(-[c-]3cccc3)n2)=CCC1.[Fe].[cH-]1[cH-][cH-][cH-][cH-]1. The first-order valence-electron chi connectivity index (χ1n) is 7.15. The summed E-state index contributed by atoms with van der Waals surface area (Å²) in [6, 6.07) is 18.0. The Morgan fingerprint density at radius 1 is 1.00 bits per heavy atom. The number of hydrogen-bond acceptors (Lipinski definition) is 2. The Hall–Kier alpha value is -2.09. The molecule has 0 saturated carbocycles. The van der Waals surface area contributed by atoms with E-state index in [1.807, 2.05) is 54.6 Å². The molecule has 0 amide bonds. The summed E-state index contributed by atoms with van der Waals surface area (Å²) in [5.74, 6) is 0.694. The van der Waals surface area contributed by atoms with Crippen molar-refractivity contribution in [2.24, 2.45) is 0 Å². The zero-order valence-corrected chi connectivity index (χ0v) is 13.2. The van der Waals surface area contributed by atoms with Gasteiger partial charge in [-0.1, -0.05) is 23.8 Å². The van der Waals surface area contributed by atoms with Gasteiger partial charge in [-0.25, -0.2) is 17.1 Å². The summed E-state index contributed by atoms with van der Waals surface area (Å²) in [5, 5.41) is 0. The smallest absolute Gasteiger partial charge is 0.169 e. The number of nitrogens with zero attached hydrogens (tertiary/aromatic N) is 1. The minimum Gasteiger partial charge on any atom is -0.748 e. The zero-order chi connectivity index (χ0) is 14.3. The van der Waals surface area contributed by atoms with Crippen molar-refractivity contribution >= 4 is 5.57 Å². The van der Waals surface area contributed by atoms with Crippen molar-refractivity contribution in [2.45, 2.75) is 12.8 Å². The molecule has 0 atom stereocenters. The van der Waals surface area contributed by atoms with Crippen LogP contribution in [0.5, 0.6) is 0 Å². The molecule has 0 bridgehead atoms. The zero-order valence-electron chi connectivity index (χ0n) is 12.1. The molecule has 0 fully saturated rings. The molecule has 1 aliphatic carbocycles. The van der Waals surface area contributed by atoms with Crippen molar-refractivity contribution in [3.05, 3.63) is 84.8 Å². The molecule has 1 heterocycles. The first-order chi connectivity index (χ1) is 10.4. The third-order valence-corrected chi connectivity index (χ3v) is 3.26.